The molecular formula is C11H18N4O3S. The second-order valence-electron chi connectivity index (χ2n) is 4.39. The highest BCUT2D eigenvalue weighted by atomic mass is 32.1. The van der Waals surface area contributed by atoms with Crippen LogP contribution in [-0.4, -0.2) is 50.6 Å². The van der Waals surface area contributed by atoms with Crippen molar-refractivity contribution in [3.63, 3.8) is 0 Å². The molecule has 0 aromatic carbocycles. The number of nitrogens with one attached hydrogen (secondary N) is 1. The first kappa shape index (κ1) is 14.0. The molecule has 1 saturated heterocycles. The summed E-state index contributed by atoms with van der Waals surface area (Å²) in [5.41, 5.74) is 0. The number of likely N-dealkylation sites (tertiary alicyclic amines) is 1. The maximum Gasteiger partial charge on any atom is 0.409 e. The fourth-order valence-corrected chi connectivity index (χ4v) is 2.65. The van der Waals surface area contributed by atoms with E-state index in [-0.39, 0.29) is 18.7 Å². The van der Waals surface area contributed by atoms with Crippen molar-refractivity contribution < 1.29 is 14.6 Å². The molecular weight excluding hydrogens is 268 g/mol. The molecule has 0 atom stereocenters. The molecule has 0 aliphatic carbocycles. The molecule has 0 saturated carbocycles. The zero-order chi connectivity index (χ0) is 13.8. The number of aromatic amines is 1. The number of H-pyrrole nitrogens is 1. The van der Waals surface area contributed by atoms with Gasteiger partial charge in [0.05, 0.1) is 6.61 Å². The van der Waals surface area contributed by atoms with Crippen LogP contribution in [0.4, 0.5) is 4.79 Å². The normalized spacial score (nSPS) is 16.6. The Labute approximate surface area is 116 Å². The summed E-state index contributed by atoms with van der Waals surface area (Å²) in [6.45, 7) is 3.29. The standard InChI is InChI=1S/C11H18N4O3S/c1-2-18-11(17)14-5-3-8(4-6-14)15-9(7-16)12-13-10(15)19/h8,16H,2-7H2,1H3,(H,13,19). The van der Waals surface area contributed by atoms with Gasteiger partial charge in [0.2, 0.25) is 0 Å². The minimum Gasteiger partial charge on any atom is -0.450 e. The maximum absolute atomic E-state index is 11.6. The molecule has 8 heteroatoms. The topological polar surface area (TPSA) is 83.4 Å². The second kappa shape index (κ2) is 6.16. The zero-order valence-corrected chi connectivity index (χ0v) is 11.7. The maximum atomic E-state index is 11.6. The Morgan fingerprint density at radius 2 is 2.26 bits per heavy atom. The number of nitrogens with zero attached hydrogens (tertiary/aromatic N) is 3. The summed E-state index contributed by atoms with van der Waals surface area (Å²) in [5.74, 6) is 0.541. The van der Waals surface area contributed by atoms with Gasteiger partial charge in [0.1, 0.15) is 6.61 Å². The van der Waals surface area contributed by atoms with Gasteiger partial charge in [-0.05, 0) is 32.0 Å². The minimum atomic E-state index is -0.265. The summed E-state index contributed by atoms with van der Waals surface area (Å²) in [6.07, 6.45) is 1.29. The van der Waals surface area contributed by atoms with Crippen LogP contribution in [0.1, 0.15) is 31.6 Å². The van der Waals surface area contributed by atoms with Gasteiger partial charge in [-0.1, -0.05) is 0 Å². The average molecular weight is 286 g/mol. The molecule has 1 aromatic heterocycles. The fraction of sp³-hybridized carbons (Fsp3) is 0.727. The summed E-state index contributed by atoms with van der Waals surface area (Å²) in [4.78, 5) is 13.3. The van der Waals surface area contributed by atoms with Gasteiger partial charge in [0.25, 0.3) is 0 Å². The van der Waals surface area contributed by atoms with E-state index < -0.39 is 0 Å². The smallest absolute Gasteiger partial charge is 0.409 e. The highest BCUT2D eigenvalue weighted by Gasteiger charge is 2.26. The first-order valence-electron chi connectivity index (χ1n) is 6.35. The van der Waals surface area contributed by atoms with E-state index in [0.29, 0.717) is 30.3 Å². The van der Waals surface area contributed by atoms with Crippen LogP contribution in [0.25, 0.3) is 0 Å². The van der Waals surface area contributed by atoms with Crippen LogP contribution in [0.5, 0.6) is 0 Å². The number of hydrogen-bond donors (Lipinski definition) is 2. The molecule has 0 spiro atoms. The lowest BCUT2D eigenvalue weighted by atomic mass is 10.1. The van der Waals surface area contributed by atoms with E-state index in [4.69, 9.17) is 17.0 Å². The van der Waals surface area contributed by atoms with Crippen molar-refractivity contribution in [1.29, 1.82) is 0 Å². The van der Waals surface area contributed by atoms with Crippen LogP contribution in [0, 0.1) is 4.77 Å². The van der Waals surface area contributed by atoms with E-state index in [1.807, 2.05) is 4.57 Å². The van der Waals surface area contributed by atoms with Crippen molar-refractivity contribution in [2.24, 2.45) is 0 Å². The van der Waals surface area contributed by atoms with Crippen molar-refractivity contribution in [2.75, 3.05) is 19.7 Å². The lowest BCUT2D eigenvalue weighted by molar-refractivity contribution is 0.0918. The molecule has 106 valence electrons. The Hall–Kier alpha value is -1.41. The quantitative estimate of drug-likeness (QED) is 0.816. The number of aromatic nitrogens is 3. The molecule has 0 bridgehead atoms. The highest BCUT2D eigenvalue weighted by Crippen LogP contribution is 2.24. The minimum absolute atomic E-state index is 0.148. The predicted octanol–water partition coefficient (Wildman–Crippen LogP) is 1.23. The van der Waals surface area contributed by atoms with Crippen LogP contribution in [0.15, 0.2) is 0 Å². The summed E-state index contributed by atoms with van der Waals surface area (Å²) in [6, 6.07) is 0.166. The zero-order valence-electron chi connectivity index (χ0n) is 10.8. The third-order valence-electron chi connectivity index (χ3n) is 3.27. The van der Waals surface area contributed by atoms with Gasteiger partial charge in [-0.3, -0.25) is 9.67 Å². The van der Waals surface area contributed by atoms with Crippen molar-refractivity contribution in [3.05, 3.63) is 10.6 Å². The molecule has 2 rings (SSSR count). The van der Waals surface area contributed by atoms with E-state index >= 15 is 0 Å². The van der Waals surface area contributed by atoms with Crippen molar-refractivity contribution in [3.8, 4) is 0 Å². The molecule has 0 unspecified atom stereocenters. The van der Waals surface area contributed by atoms with Gasteiger partial charge in [-0.25, -0.2) is 4.79 Å². The number of amides is 1. The lowest BCUT2D eigenvalue weighted by Crippen LogP contribution is -2.39. The molecule has 1 fully saturated rings. The summed E-state index contributed by atoms with van der Waals surface area (Å²) in [7, 11) is 0. The van der Waals surface area contributed by atoms with Crippen molar-refractivity contribution >= 4 is 18.3 Å². The van der Waals surface area contributed by atoms with Gasteiger partial charge in [-0.2, -0.15) is 5.10 Å². The Morgan fingerprint density at radius 1 is 1.58 bits per heavy atom. The molecule has 1 aliphatic rings. The van der Waals surface area contributed by atoms with E-state index in [2.05, 4.69) is 10.2 Å². The van der Waals surface area contributed by atoms with Crippen LogP contribution in [-0.2, 0) is 11.3 Å². The number of carbonyl (C=O) groups is 1. The monoisotopic (exact) mass is 286 g/mol. The summed E-state index contributed by atoms with van der Waals surface area (Å²) < 4.78 is 7.33. The van der Waals surface area contributed by atoms with Gasteiger partial charge in [0, 0.05) is 19.1 Å². The summed E-state index contributed by atoms with van der Waals surface area (Å²) in [5, 5.41) is 15.9. The number of hydrogen-bond acceptors (Lipinski definition) is 5. The number of ether oxygens (including phenoxy) is 1. The molecule has 0 radical (unpaired) electrons. The molecule has 7 nitrogen and oxygen atoms in total. The van der Waals surface area contributed by atoms with E-state index in [9.17, 15) is 9.90 Å². The molecule has 1 aromatic rings. The number of aliphatic hydroxyl groups is 1. The van der Waals surface area contributed by atoms with E-state index in [1.165, 1.54) is 0 Å². The Kier molecular flexibility index (Phi) is 4.54. The Balaban J connectivity index is 2.02. The molecule has 2 N–H and O–H groups in total. The van der Waals surface area contributed by atoms with Crippen LogP contribution < -0.4 is 0 Å². The largest absolute Gasteiger partial charge is 0.450 e. The average Bonchev–Trinajstić information content (AvgIpc) is 2.80. The first-order valence-corrected chi connectivity index (χ1v) is 6.76. The van der Waals surface area contributed by atoms with Crippen LogP contribution in [0.2, 0.25) is 0 Å². The SMILES string of the molecule is CCOC(=O)N1CCC(n2c(CO)n[nH]c2=S)CC1. The molecule has 1 aliphatic heterocycles. The predicted molar refractivity (Wildman–Crippen MR) is 70.2 cm³/mol. The molecule has 2 heterocycles. The lowest BCUT2D eigenvalue weighted by Gasteiger charge is -2.32. The second-order valence-corrected chi connectivity index (χ2v) is 4.78. The van der Waals surface area contributed by atoms with Gasteiger partial charge >= 0.3 is 6.09 Å². The summed E-state index contributed by atoms with van der Waals surface area (Å²) >= 11 is 5.17. The van der Waals surface area contributed by atoms with Crippen LogP contribution >= 0.6 is 12.2 Å². The third kappa shape index (κ3) is 2.95. The van der Waals surface area contributed by atoms with Crippen LogP contribution in [0.3, 0.4) is 0 Å². The van der Waals surface area contributed by atoms with Crippen molar-refractivity contribution in [2.45, 2.75) is 32.4 Å². The fourth-order valence-electron chi connectivity index (χ4n) is 2.35. The number of piperidine rings is 1. The van der Waals surface area contributed by atoms with E-state index in [0.717, 1.165) is 12.8 Å². The number of aliphatic hydroxyl groups excluding tert-OH is 1. The number of carbonyl (C=O) groups excluding carboxylic acids is 1. The molecule has 19 heavy (non-hydrogen) atoms. The van der Waals surface area contributed by atoms with Gasteiger partial charge in [-0.15, -0.1) is 0 Å². The van der Waals surface area contributed by atoms with Gasteiger partial charge in [0.15, 0.2) is 10.6 Å². The van der Waals surface area contributed by atoms with E-state index in [1.54, 1.807) is 11.8 Å². The number of rotatable bonds is 3. The Bertz CT molecular complexity index is 490. The molecule has 1 amide bonds. The first-order chi connectivity index (χ1) is 9.17. The highest BCUT2D eigenvalue weighted by molar-refractivity contribution is 7.71. The third-order valence-corrected chi connectivity index (χ3v) is 3.56. The van der Waals surface area contributed by atoms with Gasteiger partial charge < -0.3 is 14.7 Å². The van der Waals surface area contributed by atoms with Crippen molar-refractivity contribution in [1.82, 2.24) is 19.7 Å². The Morgan fingerprint density at radius 3 is 2.84 bits per heavy atom.